The minimum absolute atomic E-state index is 0.00424. The Hall–Kier alpha value is -2.53. The molecule has 0 radical (unpaired) electrons. The van der Waals surface area contributed by atoms with Gasteiger partial charge in [0.1, 0.15) is 29.7 Å². The number of pyridine rings is 1. The van der Waals surface area contributed by atoms with E-state index >= 15 is 4.39 Å². The van der Waals surface area contributed by atoms with E-state index in [9.17, 15) is 9.18 Å². The summed E-state index contributed by atoms with van der Waals surface area (Å²) in [6.45, 7) is 12.1. The van der Waals surface area contributed by atoms with Crippen LogP contribution in [0.2, 0.25) is 5.15 Å². The van der Waals surface area contributed by atoms with Crippen LogP contribution in [-0.4, -0.2) is 93.0 Å². The van der Waals surface area contributed by atoms with Crippen molar-refractivity contribution in [3.05, 3.63) is 17.2 Å². The number of carbonyl (C=O) groups is 1. The molecule has 1 amide bonds. The van der Waals surface area contributed by atoms with Crippen molar-refractivity contribution >= 4 is 34.4 Å². The smallest absolute Gasteiger partial charge is 0.410 e. The number of rotatable bonds is 4. The maximum Gasteiger partial charge on any atom is 0.410 e. The highest BCUT2D eigenvalue weighted by Crippen LogP contribution is 2.41. The molecule has 3 saturated heterocycles. The maximum absolute atomic E-state index is 15.1. The van der Waals surface area contributed by atoms with E-state index in [1.165, 1.54) is 6.20 Å². The van der Waals surface area contributed by atoms with Crippen LogP contribution in [0, 0.1) is 5.82 Å². The van der Waals surface area contributed by atoms with E-state index in [-0.39, 0.29) is 29.4 Å². The Bertz CT molecular complexity index is 1240. The molecule has 38 heavy (non-hydrogen) atoms. The summed E-state index contributed by atoms with van der Waals surface area (Å²) in [6.07, 6.45) is 2.39. The lowest BCUT2D eigenvalue weighted by Gasteiger charge is -2.47. The molecule has 208 valence electrons. The third-order valence-electron chi connectivity index (χ3n) is 7.65. The standard InChI is InChI=1S/C26H35ClF2N6O3/c1-24(2,3)38-23(36)35-10-9-33(14-25(35,4)5)21-17-12-30-20(27)18(29)19(17)31-22(32-21)37-15-26-7-6-8-34(26)13-16(28)11-26/h12,16H,6-11,13-15H2,1-5H3/t16-,26+/m1/s1. The third kappa shape index (κ3) is 5.06. The Balaban J connectivity index is 1.44. The van der Waals surface area contributed by atoms with E-state index in [1.807, 2.05) is 39.5 Å². The number of fused-ring (bicyclic) bond motifs is 2. The van der Waals surface area contributed by atoms with Gasteiger partial charge in [0.2, 0.25) is 0 Å². The molecule has 3 fully saturated rings. The monoisotopic (exact) mass is 552 g/mol. The average Bonchev–Trinajstić information content (AvgIpc) is 3.33. The van der Waals surface area contributed by atoms with Crippen molar-refractivity contribution in [1.82, 2.24) is 24.8 Å². The predicted molar refractivity (Wildman–Crippen MR) is 140 cm³/mol. The minimum atomic E-state index is -0.891. The van der Waals surface area contributed by atoms with Crippen LogP contribution in [0.5, 0.6) is 6.01 Å². The molecule has 2 aromatic heterocycles. The summed E-state index contributed by atoms with van der Waals surface area (Å²) in [5.41, 5.74) is -1.61. The second-order valence-corrected chi connectivity index (χ2v) is 12.5. The Kier molecular flexibility index (Phi) is 6.82. The lowest BCUT2D eigenvalue weighted by Crippen LogP contribution is -2.62. The second-order valence-electron chi connectivity index (χ2n) is 12.2. The molecule has 0 N–H and O–H groups in total. The van der Waals surface area contributed by atoms with Crippen LogP contribution in [-0.2, 0) is 4.74 Å². The molecule has 3 aliphatic heterocycles. The van der Waals surface area contributed by atoms with Crippen molar-refractivity contribution in [3.63, 3.8) is 0 Å². The topological polar surface area (TPSA) is 83.9 Å². The van der Waals surface area contributed by atoms with Crippen LogP contribution >= 0.6 is 11.6 Å². The van der Waals surface area contributed by atoms with Crippen LogP contribution in [0.25, 0.3) is 10.9 Å². The first-order valence-electron chi connectivity index (χ1n) is 13.1. The van der Waals surface area contributed by atoms with Crippen LogP contribution in [0.3, 0.4) is 0 Å². The van der Waals surface area contributed by atoms with Gasteiger partial charge in [0, 0.05) is 38.8 Å². The summed E-state index contributed by atoms with van der Waals surface area (Å²) < 4.78 is 41.0. The van der Waals surface area contributed by atoms with Gasteiger partial charge in [0.05, 0.1) is 16.5 Å². The highest BCUT2D eigenvalue weighted by Gasteiger charge is 2.49. The van der Waals surface area contributed by atoms with E-state index in [1.54, 1.807) is 4.90 Å². The molecule has 2 aromatic rings. The first-order valence-corrected chi connectivity index (χ1v) is 13.5. The molecule has 0 bridgehead atoms. The fourth-order valence-electron chi connectivity index (χ4n) is 5.94. The third-order valence-corrected chi connectivity index (χ3v) is 7.91. The Morgan fingerprint density at radius 2 is 2.00 bits per heavy atom. The van der Waals surface area contributed by atoms with Crippen LogP contribution in [0.15, 0.2) is 6.20 Å². The second kappa shape index (κ2) is 9.59. The van der Waals surface area contributed by atoms with E-state index in [2.05, 4.69) is 19.9 Å². The van der Waals surface area contributed by atoms with E-state index in [0.717, 1.165) is 19.4 Å². The lowest BCUT2D eigenvalue weighted by atomic mass is 9.95. The number of hydrogen-bond donors (Lipinski definition) is 0. The fourth-order valence-corrected chi connectivity index (χ4v) is 6.08. The van der Waals surface area contributed by atoms with Gasteiger partial charge < -0.3 is 14.4 Å². The van der Waals surface area contributed by atoms with Crippen molar-refractivity contribution < 1.29 is 23.0 Å². The Morgan fingerprint density at radius 3 is 2.71 bits per heavy atom. The van der Waals surface area contributed by atoms with E-state index < -0.39 is 28.7 Å². The molecule has 9 nitrogen and oxygen atoms in total. The molecule has 0 aromatic carbocycles. The van der Waals surface area contributed by atoms with Gasteiger partial charge in [-0.05, 0) is 54.0 Å². The maximum atomic E-state index is 15.1. The van der Waals surface area contributed by atoms with Gasteiger partial charge >= 0.3 is 12.1 Å². The van der Waals surface area contributed by atoms with Crippen LogP contribution in [0.1, 0.15) is 53.9 Å². The van der Waals surface area contributed by atoms with Gasteiger partial charge in [-0.15, -0.1) is 0 Å². The summed E-state index contributed by atoms with van der Waals surface area (Å²) in [5.74, 6) is -0.310. The highest BCUT2D eigenvalue weighted by atomic mass is 35.5. The molecule has 3 aliphatic rings. The quantitative estimate of drug-likeness (QED) is 0.509. The predicted octanol–water partition coefficient (Wildman–Crippen LogP) is 4.61. The number of carbonyl (C=O) groups excluding carboxylic acids is 1. The summed E-state index contributed by atoms with van der Waals surface area (Å²) in [5, 5.41) is 0.103. The molecule has 12 heteroatoms. The number of piperazine rings is 1. The number of aromatic nitrogens is 3. The number of amides is 1. The molecule has 0 spiro atoms. The number of hydrogen-bond acceptors (Lipinski definition) is 8. The molecule has 5 rings (SSSR count). The van der Waals surface area contributed by atoms with Crippen LogP contribution < -0.4 is 9.64 Å². The van der Waals surface area contributed by atoms with Crippen molar-refractivity contribution in [1.29, 1.82) is 0 Å². The normalized spacial score (nSPS) is 25.6. The van der Waals surface area contributed by atoms with Gasteiger partial charge in [-0.3, -0.25) is 9.80 Å². The Morgan fingerprint density at radius 1 is 1.24 bits per heavy atom. The lowest BCUT2D eigenvalue weighted by molar-refractivity contribution is 0.000314. The molecular formula is C26H35ClF2N6O3. The summed E-state index contributed by atoms with van der Waals surface area (Å²) in [6, 6.07) is 0.00424. The fraction of sp³-hybridized carbons (Fsp3) is 0.692. The number of halogens is 3. The first-order chi connectivity index (χ1) is 17.8. The molecule has 0 aliphatic carbocycles. The van der Waals surface area contributed by atoms with Gasteiger partial charge in [0.25, 0.3) is 0 Å². The molecular weight excluding hydrogens is 518 g/mol. The molecule has 2 atom stereocenters. The van der Waals surface area contributed by atoms with Crippen molar-refractivity contribution in [2.75, 3.05) is 44.2 Å². The Labute approximate surface area is 226 Å². The average molecular weight is 553 g/mol. The van der Waals surface area contributed by atoms with Gasteiger partial charge in [0.15, 0.2) is 11.0 Å². The number of nitrogens with zero attached hydrogens (tertiary/aromatic N) is 6. The van der Waals surface area contributed by atoms with E-state index in [0.29, 0.717) is 43.8 Å². The van der Waals surface area contributed by atoms with Gasteiger partial charge in [-0.25, -0.2) is 18.6 Å². The summed E-state index contributed by atoms with van der Waals surface area (Å²) in [4.78, 5) is 31.7. The zero-order valence-corrected chi connectivity index (χ0v) is 23.3. The minimum Gasteiger partial charge on any atom is -0.461 e. The zero-order valence-electron chi connectivity index (χ0n) is 22.6. The number of ether oxygens (including phenoxy) is 2. The van der Waals surface area contributed by atoms with E-state index in [4.69, 9.17) is 21.1 Å². The zero-order chi connectivity index (χ0) is 27.5. The van der Waals surface area contributed by atoms with Gasteiger partial charge in [-0.1, -0.05) is 11.6 Å². The van der Waals surface area contributed by atoms with Crippen molar-refractivity contribution in [2.45, 2.75) is 76.7 Å². The first kappa shape index (κ1) is 27.1. The number of anilines is 1. The van der Waals surface area contributed by atoms with Crippen molar-refractivity contribution in [3.8, 4) is 6.01 Å². The molecule has 5 heterocycles. The molecule has 0 unspecified atom stereocenters. The van der Waals surface area contributed by atoms with Gasteiger partial charge in [-0.2, -0.15) is 9.97 Å². The summed E-state index contributed by atoms with van der Waals surface area (Å²) in [7, 11) is 0. The molecule has 0 saturated carbocycles. The van der Waals surface area contributed by atoms with Crippen molar-refractivity contribution in [2.24, 2.45) is 0 Å². The van der Waals surface area contributed by atoms with Crippen LogP contribution in [0.4, 0.5) is 19.4 Å². The number of alkyl halides is 1. The SMILES string of the molecule is CC(C)(C)OC(=O)N1CCN(c2nc(OC[C@@]34CCCN3C[C@H](F)C4)nc3c(F)c(Cl)ncc23)CC1(C)C. The largest absolute Gasteiger partial charge is 0.461 e. The highest BCUT2D eigenvalue weighted by molar-refractivity contribution is 6.30. The summed E-state index contributed by atoms with van der Waals surface area (Å²) >= 11 is 5.99.